The fraction of sp³-hybridized carbons (Fsp3) is 0. The van der Waals surface area contributed by atoms with Gasteiger partial charge >= 0.3 is 0 Å². The van der Waals surface area contributed by atoms with Crippen LogP contribution in [0.15, 0.2) is 109 Å². The van der Waals surface area contributed by atoms with Crippen molar-refractivity contribution < 1.29 is 0 Å². The lowest BCUT2D eigenvalue weighted by Crippen LogP contribution is -2.00. The first kappa shape index (κ1) is 20.4. The third kappa shape index (κ3) is 2.82. The molecule has 0 atom stereocenters. The van der Waals surface area contributed by atoms with Gasteiger partial charge in [0.05, 0.1) is 27.8 Å². The van der Waals surface area contributed by atoms with Gasteiger partial charge in [-0.25, -0.2) is 0 Å². The molecule has 0 unspecified atom stereocenters. The Morgan fingerprint density at radius 3 is 1.69 bits per heavy atom. The van der Waals surface area contributed by atoms with E-state index in [-0.39, 0.29) is 0 Å². The Morgan fingerprint density at radius 1 is 0.472 bits per heavy atom. The highest BCUT2D eigenvalue weighted by molar-refractivity contribution is 6.19. The van der Waals surface area contributed by atoms with E-state index in [0.717, 1.165) is 33.5 Å². The number of hydrogen-bond donors (Lipinski definition) is 2. The SMILES string of the molecule is N=Cc1ccc(-n2c3ccccc3c3cc4c(cc32)c2ccccc2n4-c2ccccc2)c(C=N)c1. The Balaban J connectivity index is 1.67. The Labute approximate surface area is 207 Å². The summed E-state index contributed by atoms with van der Waals surface area (Å²) in [4.78, 5) is 0. The van der Waals surface area contributed by atoms with Crippen LogP contribution in [0.4, 0.5) is 0 Å². The van der Waals surface area contributed by atoms with Crippen LogP contribution in [0.5, 0.6) is 0 Å². The van der Waals surface area contributed by atoms with E-state index in [1.54, 1.807) is 0 Å². The van der Waals surface area contributed by atoms with Crippen LogP contribution >= 0.6 is 0 Å². The van der Waals surface area contributed by atoms with Crippen LogP contribution in [0, 0.1) is 10.8 Å². The molecular weight excluding hydrogens is 440 g/mol. The number of hydrogen-bond acceptors (Lipinski definition) is 2. The van der Waals surface area contributed by atoms with Crippen LogP contribution < -0.4 is 0 Å². The Morgan fingerprint density at radius 2 is 1.06 bits per heavy atom. The fourth-order valence-electron chi connectivity index (χ4n) is 5.53. The number of rotatable bonds is 4. The van der Waals surface area contributed by atoms with Gasteiger partial charge in [0.25, 0.3) is 0 Å². The molecule has 0 fully saturated rings. The molecule has 170 valence electrons. The molecule has 7 rings (SSSR count). The maximum Gasteiger partial charge on any atom is 0.0550 e. The Bertz CT molecular complexity index is 1970. The average Bonchev–Trinajstić information content (AvgIpc) is 3.44. The minimum absolute atomic E-state index is 0.783. The first-order valence-corrected chi connectivity index (χ1v) is 12.0. The van der Waals surface area contributed by atoms with Crippen molar-refractivity contribution >= 4 is 56.0 Å². The van der Waals surface area contributed by atoms with Crippen LogP contribution in [0.25, 0.3) is 55.0 Å². The van der Waals surface area contributed by atoms with Crippen molar-refractivity contribution in [1.82, 2.24) is 9.13 Å². The normalized spacial score (nSPS) is 11.6. The van der Waals surface area contributed by atoms with Crippen molar-refractivity contribution in [3.8, 4) is 11.4 Å². The summed E-state index contributed by atoms with van der Waals surface area (Å²) in [6.07, 6.45) is 2.70. The zero-order valence-electron chi connectivity index (χ0n) is 19.4. The van der Waals surface area contributed by atoms with Gasteiger partial charge in [0.15, 0.2) is 0 Å². The summed E-state index contributed by atoms with van der Waals surface area (Å²) in [6, 6.07) is 38.0. The minimum Gasteiger partial charge on any atom is -0.309 e. The number of para-hydroxylation sites is 3. The molecule has 2 N–H and O–H groups in total. The second kappa shape index (κ2) is 7.79. The van der Waals surface area contributed by atoms with Crippen LogP contribution in [0.1, 0.15) is 11.1 Å². The van der Waals surface area contributed by atoms with Gasteiger partial charge in [0.1, 0.15) is 0 Å². The van der Waals surface area contributed by atoms with Crippen LogP contribution in [0.3, 0.4) is 0 Å². The van der Waals surface area contributed by atoms with Crippen molar-refractivity contribution in [3.05, 3.63) is 120 Å². The highest BCUT2D eigenvalue weighted by Gasteiger charge is 2.19. The zero-order chi connectivity index (χ0) is 24.2. The number of benzene rings is 5. The second-order valence-corrected chi connectivity index (χ2v) is 9.03. The summed E-state index contributed by atoms with van der Waals surface area (Å²) in [5.41, 5.74) is 8.19. The third-order valence-corrected chi connectivity index (χ3v) is 7.10. The maximum absolute atomic E-state index is 8.10. The predicted octanol–water partition coefficient (Wildman–Crippen LogP) is 7.88. The van der Waals surface area contributed by atoms with E-state index >= 15 is 0 Å². The van der Waals surface area contributed by atoms with Gasteiger partial charge in [0.2, 0.25) is 0 Å². The third-order valence-electron chi connectivity index (χ3n) is 7.10. The van der Waals surface area contributed by atoms with Crippen molar-refractivity contribution in [3.63, 3.8) is 0 Å². The van der Waals surface area contributed by atoms with E-state index in [0.29, 0.717) is 0 Å². The predicted molar refractivity (Wildman–Crippen MR) is 151 cm³/mol. The molecule has 4 heteroatoms. The first-order valence-electron chi connectivity index (χ1n) is 12.0. The van der Waals surface area contributed by atoms with Gasteiger partial charge in [-0.05, 0) is 54.1 Å². The smallest absolute Gasteiger partial charge is 0.0550 e. The first-order chi connectivity index (χ1) is 17.8. The summed E-state index contributed by atoms with van der Waals surface area (Å²) >= 11 is 0. The summed E-state index contributed by atoms with van der Waals surface area (Å²) in [5.74, 6) is 0. The summed E-state index contributed by atoms with van der Waals surface area (Å²) in [6.45, 7) is 0. The van der Waals surface area contributed by atoms with E-state index in [9.17, 15) is 0 Å². The lowest BCUT2D eigenvalue weighted by molar-refractivity contribution is 1.17. The molecule has 4 nitrogen and oxygen atoms in total. The fourth-order valence-corrected chi connectivity index (χ4v) is 5.53. The molecule has 0 saturated heterocycles. The molecule has 0 aliphatic rings. The summed E-state index contributed by atoms with van der Waals surface area (Å²) < 4.78 is 4.60. The van der Waals surface area contributed by atoms with E-state index in [2.05, 4.69) is 94.1 Å². The largest absolute Gasteiger partial charge is 0.309 e. The van der Waals surface area contributed by atoms with Gasteiger partial charge in [-0.1, -0.05) is 60.7 Å². The Kier molecular flexibility index (Phi) is 4.42. The van der Waals surface area contributed by atoms with Gasteiger partial charge < -0.3 is 20.0 Å². The lowest BCUT2D eigenvalue weighted by Gasteiger charge is -2.12. The van der Waals surface area contributed by atoms with Crippen LogP contribution in [0.2, 0.25) is 0 Å². The molecule has 0 aliphatic carbocycles. The van der Waals surface area contributed by atoms with E-state index < -0.39 is 0 Å². The topological polar surface area (TPSA) is 57.6 Å². The quantitative estimate of drug-likeness (QED) is 0.250. The van der Waals surface area contributed by atoms with Crippen molar-refractivity contribution in [2.45, 2.75) is 0 Å². The number of nitrogens with zero attached hydrogens (tertiary/aromatic N) is 2. The molecule has 7 aromatic rings. The van der Waals surface area contributed by atoms with Crippen LogP contribution in [-0.4, -0.2) is 21.6 Å². The molecule has 36 heavy (non-hydrogen) atoms. The van der Waals surface area contributed by atoms with Crippen molar-refractivity contribution in [2.24, 2.45) is 0 Å². The molecule has 2 aromatic heterocycles. The molecule has 0 saturated carbocycles. The van der Waals surface area contributed by atoms with Gasteiger partial charge in [-0.15, -0.1) is 0 Å². The van der Waals surface area contributed by atoms with Crippen molar-refractivity contribution in [2.75, 3.05) is 0 Å². The molecule has 0 aliphatic heterocycles. The van der Waals surface area contributed by atoms with Gasteiger partial charge in [0, 0.05) is 45.2 Å². The van der Waals surface area contributed by atoms with E-state index in [4.69, 9.17) is 10.8 Å². The molecule has 0 amide bonds. The molecule has 0 spiro atoms. The zero-order valence-corrected chi connectivity index (χ0v) is 19.4. The lowest BCUT2D eigenvalue weighted by atomic mass is 10.1. The monoisotopic (exact) mass is 462 g/mol. The molecule has 0 radical (unpaired) electrons. The van der Waals surface area contributed by atoms with Crippen molar-refractivity contribution in [1.29, 1.82) is 10.8 Å². The van der Waals surface area contributed by atoms with Gasteiger partial charge in [-0.2, -0.15) is 0 Å². The summed E-state index contributed by atoms with van der Waals surface area (Å²) in [7, 11) is 0. The molecule has 2 heterocycles. The van der Waals surface area contributed by atoms with Gasteiger partial charge in [-0.3, -0.25) is 0 Å². The second-order valence-electron chi connectivity index (χ2n) is 9.03. The van der Waals surface area contributed by atoms with Crippen LogP contribution in [-0.2, 0) is 0 Å². The highest BCUT2D eigenvalue weighted by atomic mass is 15.0. The molecule has 5 aromatic carbocycles. The highest BCUT2D eigenvalue weighted by Crippen LogP contribution is 2.39. The maximum atomic E-state index is 8.10. The summed E-state index contributed by atoms with van der Waals surface area (Å²) in [5, 5.41) is 20.5. The number of nitrogens with one attached hydrogen (secondary N) is 2. The molecular formula is C32H22N4. The van der Waals surface area contributed by atoms with E-state index in [1.165, 1.54) is 45.0 Å². The average molecular weight is 463 g/mol. The Hall–Kier alpha value is -4.96. The number of fused-ring (bicyclic) bond motifs is 6. The standard InChI is InChI=1S/C32H22N4/c33-19-21-14-15-28(22(16-21)20-34)36-30-13-7-5-11-25(30)27-17-31-26(18-32(27)36)24-10-4-6-12-29(24)35(31)23-8-2-1-3-9-23/h1-20,33-34H. The molecule has 0 bridgehead atoms. The number of aromatic nitrogens is 2. The van der Waals surface area contributed by atoms with E-state index in [1.807, 2.05) is 24.3 Å². The minimum atomic E-state index is 0.783.